The summed E-state index contributed by atoms with van der Waals surface area (Å²) in [5.41, 5.74) is 5.84. The first-order chi connectivity index (χ1) is 6.31. The topological polar surface area (TPSA) is 26.0 Å². The molecule has 2 N–H and O–H groups in total. The van der Waals surface area contributed by atoms with Gasteiger partial charge in [-0.1, -0.05) is 58.8 Å². The van der Waals surface area contributed by atoms with E-state index in [2.05, 4.69) is 13.8 Å². The van der Waals surface area contributed by atoms with Crippen LogP contribution in [0, 0.1) is 0 Å². The summed E-state index contributed by atoms with van der Waals surface area (Å²) in [7, 11) is 0. The molecule has 0 saturated carbocycles. The second kappa shape index (κ2) is 14.0. The van der Waals surface area contributed by atoms with Gasteiger partial charge in [0.15, 0.2) is 0 Å². The molecule has 0 bridgehead atoms. The van der Waals surface area contributed by atoms with Crippen LogP contribution < -0.4 is 5.73 Å². The zero-order chi connectivity index (χ0) is 9.94. The van der Waals surface area contributed by atoms with Crippen molar-refractivity contribution in [1.29, 1.82) is 0 Å². The predicted octanol–water partition coefficient (Wildman–Crippen LogP) is 3.22. The molecule has 1 unspecified atom stereocenters. The second-order valence-corrected chi connectivity index (χ2v) is 4.08. The van der Waals surface area contributed by atoms with Gasteiger partial charge in [-0.2, -0.15) is 0 Å². The molecule has 0 rings (SSSR count). The van der Waals surface area contributed by atoms with Gasteiger partial charge in [-0.15, -0.1) is 0 Å². The minimum atomic E-state index is 0. The van der Waals surface area contributed by atoms with Crippen molar-refractivity contribution in [3.63, 3.8) is 0 Å². The standard InChI is InChI=1S/C12H27N.Na.H/c1-3-5-6-7-8-9-10-11-12(13)4-2;;/h12H,3-11,13H2,1-2H3;;. The van der Waals surface area contributed by atoms with Crippen LogP contribution in [0.2, 0.25) is 0 Å². The Kier molecular flexibility index (Phi) is 17.3. The molecular weight excluding hydrogens is 181 g/mol. The van der Waals surface area contributed by atoms with Crippen molar-refractivity contribution in [2.45, 2.75) is 77.7 Å². The number of hydrogen-bond donors (Lipinski definition) is 1. The summed E-state index contributed by atoms with van der Waals surface area (Å²) in [5.74, 6) is 0. The molecule has 0 aromatic rings. The van der Waals surface area contributed by atoms with E-state index in [0.717, 1.165) is 6.42 Å². The Morgan fingerprint density at radius 2 is 1.36 bits per heavy atom. The van der Waals surface area contributed by atoms with Crippen molar-refractivity contribution in [3.05, 3.63) is 0 Å². The monoisotopic (exact) mass is 209 g/mol. The molecule has 82 valence electrons. The summed E-state index contributed by atoms with van der Waals surface area (Å²) < 4.78 is 0. The molecule has 0 aliphatic heterocycles. The van der Waals surface area contributed by atoms with E-state index in [9.17, 15) is 0 Å². The van der Waals surface area contributed by atoms with Crippen LogP contribution in [0.5, 0.6) is 0 Å². The number of unbranched alkanes of at least 4 members (excludes halogenated alkanes) is 6. The zero-order valence-corrected chi connectivity index (χ0v) is 9.52. The van der Waals surface area contributed by atoms with Crippen molar-refractivity contribution in [3.8, 4) is 0 Å². The summed E-state index contributed by atoms with van der Waals surface area (Å²) >= 11 is 0. The van der Waals surface area contributed by atoms with Crippen molar-refractivity contribution in [2.75, 3.05) is 0 Å². The van der Waals surface area contributed by atoms with Crippen molar-refractivity contribution in [1.82, 2.24) is 0 Å². The van der Waals surface area contributed by atoms with Crippen LogP contribution in [0.25, 0.3) is 0 Å². The third-order valence-electron chi connectivity index (χ3n) is 2.70. The van der Waals surface area contributed by atoms with Crippen LogP contribution in [0.15, 0.2) is 0 Å². The normalized spacial score (nSPS) is 12.2. The van der Waals surface area contributed by atoms with Gasteiger partial charge >= 0.3 is 29.6 Å². The van der Waals surface area contributed by atoms with E-state index in [1.54, 1.807) is 0 Å². The van der Waals surface area contributed by atoms with E-state index in [1.165, 1.54) is 51.4 Å². The second-order valence-electron chi connectivity index (χ2n) is 4.08. The fraction of sp³-hybridized carbons (Fsp3) is 1.00. The molecular formula is C12H28NNa. The van der Waals surface area contributed by atoms with Crippen molar-refractivity contribution >= 4 is 29.6 Å². The maximum absolute atomic E-state index is 5.84. The summed E-state index contributed by atoms with van der Waals surface area (Å²) in [4.78, 5) is 0. The van der Waals surface area contributed by atoms with Crippen LogP contribution in [-0.2, 0) is 0 Å². The van der Waals surface area contributed by atoms with Gasteiger partial charge in [0.25, 0.3) is 0 Å². The zero-order valence-electron chi connectivity index (χ0n) is 9.52. The third kappa shape index (κ3) is 13.0. The molecule has 0 aliphatic rings. The Bertz CT molecular complexity index is 96.3. The van der Waals surface area contributed by atoms with Gasteiger partial charge in [0, 0.05) is 6.04 Å². The molecule has 0 aromatic heterocycles. The van der Waals surface area contributed by atoms with Crippen LogP contribution >= 0.6 is 0 Å². The fourth-order valence-corrected chi connectivity index (χ4v) is 1.57. The van der Waals surface area contributed by atoms with Gasteiger partial charge < -0.3 is 5.73 Å². The Labute approximate surface area is 113 Å². The van der Waals surface area contributed by atoms with E-state index in [0.29, 0.717) is 6.04 Å². The van der Waals surface area contributed by atoms with E-state index in [4.69, 9.17) is 5.73 Å². The molecule has 0 aromatic carbocycles. The molecule has 0 aliphatic carbocycles. The van der Waals surface area contributed by atoms with Crippen LogP contribution in [0.1, 0.15) is 71.6 Å². The Hall–Kier alpha value is 0.960. The summed E-state index contributed by atoms with van der Waals surface area (Å²) in [6.07, 6.45) is 12.1. The summed E-state index contributed by atoms with van der Waals surface area (Å²) in [6, 6.07) is 0.454. The van der Waals surface area contributed by atoms with Gasteiger partial charge in [-0.05, 0) is 12.8 Å². The molecule has 0 amide bonds. The molecule has 0 spiro atoms. The van der Waals surface area contributed by atoms with Gasteiger partial charge in [0.2, 0.25) is 0 Å². The summed E-state index contributed by atoms with van der Waals surface area (Å²) in [6.45, 7) is 4.44. The molecule has 0 heterocycles. The first kappa shape index (κ1) is 17.4. The van der Waals surface area contributed by atoms with Crippen molar-refractivity contribution in [2.24, 2.45) is 5.73 Å². The van der Waals surface area contributed by atoms with Gasteiger partial charge in [-0.25, -0.2) is 0 Å². The molecule has 1 atom stereocenters. The molecule has 14 heavy (non-hydrogen) atoms. The van der Waals surface area contributed by atoms with E-state index < -0.39 is 0 Å². The summed E-state index contributed by atoms with van der Waals surface area (Å²) in [5, 5.41) is 0. The van der Waals surface area contributed by atoms with Gasteiger partial charge in [0.1, 0.15) is 0 Å². The molecule has 0 fully saturated rings. The minimum absolute atomic E-state index is 0. The Morgan fingerprint density at radius 1 is 0.857 bits per heavy atom. The predicted molar refractivity (Wildman–Crippen MR) is 68.0 cm³/mol. The number of rotatable bonds is 9. The van der Waals surface area contributed by atoms with Crippen LogP contribution in [0.4, 0.5) is 0 Å². The van der Waals surface area contributed by atoms with E-state index in [-0.39, 0.29) is 29.6 Å². The average Bonchev–Trinajstić information content (AvgIpc) is 2.16. The number of nitrogens with two attached hydrogens (primary N) is 1. The van der Waals surface area contributed by atoms with Gasteiger partial charge in [0.05, 0.1) is 0 Å². The first-order valence-corrected chi connectivity index (χ1v) is 6.06. The third-order valence-corrected chi connectivity index (χ3v) is 2.70. The SMILES string of the molecule is CCCCCCCCCC(N)CC.[NaH]. The Balaban J connectivity index is 0. The average molecular weight is 209 g/mol. The molecule has 0 saturated heterocycles. The van der Waals surface area contributed by atoms with Crippen LogP contribution in [0.3, 0.4) is 0 Å². The quantitative estimate of drug-likeness (QED) is 0.458. The molecule has 1 nitrogen and oxygen atoms in total. The van der Waals surface area contributed by atoms with Crippen LogP contribution in [-0.4, -0.2) is 35.6 Å². The van der Waals surface area contributed by atoms with Crippen molar-refractivity contribution < 1.29 is 0 Å². The molecule has 2 heteroatoms. The maximum atomic E-state index is 5.84. The van der Waals surface area contributed by atoms with Gasteiger partial charge in [-0.3, -0.25) is 0 Å². The number of hydrogen-bond acceptors (Lipinski definition) is 1. The first-order valence-electron chi connectivity index (χ1n) is 6.06. The Morgan fingerprint density at radius 3 is 1.86 bits per heavy atom. The fourth-order valence-electron chi connectivity index (χ4n) is 1.57. The van der Waals surface area contributed by atoms with E-state index in [1.807, 2.05) is 0 Å². The molecule has 0 radical (unpaired) electrons. The van der Waals surface area contributed by atoms with E-state index >= 15 is 0 Å².